The summed E-state index contributed by atoms with van der Waals surface area (Å²) in [7, 11) is 0. The number of rotatable bonds is 5. The van der Waals surface area contributed by atoms with Crippen LogP contribution in [0.3, 0.4) is 0 Å². The highest BCUT2D eigenvalue weighted by molar-refractivity contribution is 9.10. The van der Waals surface area contributed by atoms with Crippen LogP contribution in [0.1, 0.15) is 39.0 Å². The van der Waals surface area contributed by atoms with Crippen molar-refractivity contribution in [2.75, 3.05) is 18.5 Å². The molecule has 0 spiro atoms. The molecule has 0 aromatic carbocycles. The average Bonchev–Trinajstić information content (AvgIpc) is 2.44. The highest BCUT2D eigenvalue weighted by Crippen LogP contribution is 2.36. The molecule has 0 aliphatic heterocycles. The standard InChI is InChI=1S/C14H22BrN3O2/c1-14(5-3-2-4-6-14)10-16-11-9-17-18(7-8-19)13(20)12(11)15/h9,16,19H,2-8,10H2,1H3. The highest BCUT2D eigenvalue weighted by Gasteiger charge is 2.26. The van der Waals surface area contributed by atoms with Gasteiger partial charge in [0.05, 0.1) is 25.0 Å². The maximum atomic E-state index is 12.0. The number of anilines is 1. The molecule has 0 unspecified atom stereocenters. The van der Waals surface area contributed by atoms with Crippen LogP contribution in [-0.4, -0.2) is 28.0 Å². The van der Waals surface area contributed by atoms with Gasteiger partial charge in [0.15, 0.2) is 0 Å². The molecule has 2 rings (SSSR count). The first-order chi connectivity index (χ1) is 9.56. The van der Waals surface area contributed by atoms with Crippen LogP contribution < -0.4 is 10.9 Å². The molecule has 0 bridgehead atoms. The molecule has 20 heavy (non-hydrogen) atoms. The summed E-state index contributed by atoms with van der Waals surface area (Å²) in [4.78, 5) is 12.0. The van der Waals surface area contributed by atoms with Crippen molar-refractivity contribution < 1.29 is 5.11 Å². The van der Waals surface area contributed by atoms with E-state index in [9.17, 15) is 4.79 Å². The molecule has 2 N–H and O–H groups in total. The van der Waals surface area contributed by atoms with Gasteiger partial charge in [-0.15, -0.1) is 0 Å². The van der Waals surface area contributed by atoms with Crippen molar-refractivity contribution in [2.24, 2.45) is 5.41 Å². The van der Waals surface area contributed by atoms with Gasteiger partial charge < -0.3 is 10.4 Å². The number of halogens is 1. The summed E-state index contributed by atoms with van der Waals surface area (Å²) in [6, 6.07) is 0. The van der Waals surface area contributed by atoms with Crippen LogP contribution in [0.5, 0.6) is 0 Å². The zero-order valence-electron chi connectivity index (χ0n) is 11.9. The van der Waals surface area contributed by atoms with Gasteiger partial charge in [-0.1, -0.05) is 26.2 Å². The molecule has 5 nitrogen and oxygen atoms in total. The van der Waals surface area contributed by atoms with Gasteiger partial charge in [0.1, 0.15) is 4.47 Å². The number of hydrogen-bond acceptors (Lipinski definition) is 4. The van der Waals surface area contributed by atoms with E-state index in [4.69, 9.17) is 5.11 Å². The van der Waals surface area contributed by atoms with Gasteiger partial charge in [-0.05, 0) is 34.2 Å². The molecule has 0 radical (unpaired) electrons. The van der Waals surface area contributed by atoms with E-state index in [1.807, 2.05) is 0 Å². The number of hydrogen-bond donors (Lipinski definition) is 2. The molecular formula is C14H22BrN3O2. The average molecular weight is 344 g/mol. The Kier molecular flexibility index (Phi) is 5.21. The number of nitrogens with one attached hydrogen (secondary N) is 1. The minimum absolute atomic E-state index is 0.0931. The fourth-order valence-corrected chi connectivity index (χ4v) is 3.18. The maximum absolute atomic E-state index is 12.0. The molecule has 1 aromatic heterocycles. The van der Waals surface area contributed by atoms with E-state index in [1.165, 1.54) is 36.8 Å². The van der Waals surface area contributed by atoms with Crippen LogP contribution >= 0.6 is 15.9 Å². The lowest BCUT2D eigenvalue weighted by molar-refractivity contribution is 0.233. The second-order valence-corrected chi connectivity index (χ2v) is 6.64. The monoisotopic (exact) mass is 343 g/mol. The number of nitrogens with zero attached hydrogens (tertiary/aromatic N) is 2. The topological polar surface area (TPSA) is 67.2 Å². The zero-order valence-corrected chi connectivity index (χ0v) is 13.4. The van der Waals surface area contributed by atoms with Gasteiger partial charge in [-0.3, -0.25) is 4.79 Å². The van der Waals surface area contributed by atoms with Gasteiger partial charge in [-0.25, -0.2) is 4.68 Å². The summed E-state index contributed by atoms with van der Waals surface area (Å²) in [6.07, 6.45) is 8.01. The Morgan fingerprint density at radius 3 is 2.80 bits per heavy atom. The first kappa shape index (κ1) is 15.5. The Bertz CT molecular complexity index is 510. The quantitative estimate of drug-likeness (QED) is 0.861. The van der Waals surface area contributed by atoms with Crippen LogP contribution in [0.2, 0.25) is 0 Å². The summed E-state index contributed by atoms with van der Waals surface area (Å²) in [6.45, 7) is 3.28. The molecule has 112 valence electrons. The van der Waals surface area contributed by atoms with E-state index in [0.717, 1.165) is 12.2 Å². The maximum Gasteiger partial charge on any atom is 0.283 e. The van der Waals surface area contributed by atoms with Crippen LogP contribution in [0.4, 0.5) is 5.69 Å². The Morgan fingerprint density at radius 2 is 2.15 bits per heavy atom. The molecule has 1 saturated carbocycles. The zero-order chi connectivity index (χ0) is 14.6. The number of aliphatic hydroxyl groups excluding tert-OH is 1. The fraction of sp³-hybridized carbons (Fsp3) is 0.714. The minimum atomic E-state index is -0.210. The van der Waals surface area contributed by atoms with Crippen molar-refractivity contribution in [3.63, 3.8) is 0 Å². The lowest BCUT2D eigenvalue weighted by Crippen LogP contribution is -2.31. The Hall–Kier alpha value is -0.880. The molecule has 1 heterocycles. The fourth-order valence-electron chi connectivity index (χ4n) is 2.73. The van der Waals surface area contributed by atoms with Crippen LogP contribution in [0.25, 0.3) is 0 Å². The number of aromatic nitrogens is 2. The number of aliphatic hydroxyl groups is 1. The lowest BCUT2D eigenvalue weighted by atomic mass is 9.76. The van der Waals surface area contributed by atoms with E-state index in [1.54, 1.807) is 6.20 Å². The molecule has 1 aromatic rings. The van der Waals surface area contributed by atoms with Crippen molar-refractivity contribution in [1.29, 1.82) is 0 Å². The Balaban J connectivity index is 2.06. The second kappa shape index (κ2) is 6.72. The van der Waals surface area contributed by atoms with Crippen molar-refractivity contribution in [2.45, 2.75) is 45.6 Å². The van der Waals surface area contributed by atoms with Gasteiger partial charge >= 0.3 is 0 Å². The normalized spacial score (nSPS) is 17.9. The third-order valence-electron chi connectivity index (χ3n) is 4.06. The summed E-state index contributed by atoms with van der Waals surface area (Å²) in [5.41, 5.74) is 0.825. The summed E-state index contributed by atoms with van der Waals surface area (Å²) in [5, 5.41) is 16.3. The van der Waals surface area contributed by atoms with E-state index in [2.05, 4.69) is 33.3 Å². The molecule has 1 aliphatic carbocycles. The van der Waals surface area contributed by atoms with Gasteiger partial charge in [-0.2, -0.15) is 5.10 Å². The van der Waals surface area contributed by atoms with Crippen molar-refractivity contribution in [1.82, 2.24) is 9.78 Å². The third kappa shape index (κ3) is 3.61. The van der Waals surface area contributed by atoms with Gasteiger partial charge in [0.2, 0.25) is 0 Å². The van der Waals surface area contributed by atoms with Crippen LogP contribution in [0, 0.1) is 5.41 Å². The molecule has 0 atom stereocenters. The van der Waals surface area contributed by atoms with E-state index in [-0.39, 0.29) is 18.7 Å². The van der Waals surface area contributed by atoms with Gasteiger partial charge in [0.25, 0.3) is 5.56 Å². The molecule has 0 saturated heterocycles. The molecule has 1 fully saturated rings. The van der Waals surface area contributed by atoms with Crippen molar-refractivity contribution in [3.05, 3.63) is 21.0 Å². The van der Waals surface area contributed by atoms with Crippen molar-refractivity contribution >= 4 is 21.6 Å². The Morgan fingerprint density at radius 1 is 1.45 bits per heavy atom. The molecular weight excluding hydrogens is 322 g/mol. The molecule has 0 amide bonds. The SMILES string of the molecule is CC1(CNc2cnn(CCO)c(=O)c2Br)CCCCC1. The summed E-state index contributed by atoms with van der Waals surface area (Å²) in [5.74, 6) is 0. The first-order valence-corrected chi connectivity index (χ1v) is 7.95. The third-order valence-corrected chi connectivity index (χ3v) is 4.83. The summed E-state index contributed by atoms with van der Waals surface area (Å²) < 4.78 is 1.75. The molecule has 6 heteroatoms. The minimum Gasteiger partial charge on any atom is -0.394 e. The summed E-state index contributed by atoms with van der Waals surface area (Å²) >= 11 is 3.33. The largest absolute Gasteiger partial charge is 0.394 e. The van der Waals surface area contributed by atoms with E-state index < -0.39 is 0 Å². The smallest absolute Gasteiger partial charge is 0.283 e. The highest BCUT2D eigenvalue weighted by atomic mass is 79.9. The van der Waals surface area contributed by atoms with E-state index in [0.29, 0.717) is 9.89 Å². The van der Waals surface area contributed by atoms with Crippen LogP contribution in [-0.2, 0) is 6.54 Å². The first-order valence-electron chi connectivity index (χ1n) is 7.16. The van der Waals surface area contributed by atoms with Crippen LogP contribution in [0.15, 0.2) is 15.5 Å². The van der Waals surface area contributed by atoms with Gasteiger partial charge in [0, 0.05) is 6.54 Å². The predicted molar refractivity (Wildman–Crippen MR) is 83.0 cm³/mol. The predicted octanol–water partition coefficient (Wildman–Crippen LogP) is 2.38. The molecule has 1 aliphatic rings. The lowest BCUT2D eigenvalue weighted by Gasteiger charge is -2.34. The Labute approximate surface area is 127 Å². The van der Waals surface area contributed by atoms with Crippen molar-refractivity contribution in [3.8, 4) is 0 Å². The van der Waals surface area contributed by atoms with E-state index >= 15 is 0 Å². The second-order valence-electron chi connectivity index (χ2n) is 5.85.